The summed E-state index contributed by atoms with van der Waals surface area (Å²) in [6.07, 6.45) is 2.50. The molecule has 1 heterocycles. The van der Waals surface area contributed by atoms with Crippen LogP contribution < -0.4 is 5.48 Å². The summed E-state index contributed by atoms with van der Waals surface area (Å²) < 4.78 is 4.96. The zero-order valence-corrected chi connectivity index (χ0v) is 8.58. The van der Waals surface area contributed by atoms with Crippen LogP contribution in [0.2, 0.25) is 0 Å². The van der Waals surface area contributed by atoms with Gasteiger partial charge in [0.2, 0.25) is 0 Å². The van der Waals surface area contributed by atoms with Gasteiger partial charge in [-0.1, -0.05) is 11.2 Å². The van der Waals surface area contributed by atoms with Crippen LogP contribution in [0, 0.1) is 6.92 Å². The van der Waals surface area contributed by atoms with Gasteiger partial charge in [-0.05, 0) is 24.6 Å². The molecule has 0 saturated heterocycles. The van der Waals surface area contributed by atoms with Gasteiger partial charge in [0.25, 0.3) is 5.89 Å². The van der Waals surface area contributed by atoms with Gasteiger partial charge in [-0.25, -0.2) is 4.99 Å². The Morgan fingerprint density at radius 2 is 2.38 bits per heavy atom. The van der Waals surface area contributed by atoms with Gasteiger partial charge in [-0.15, -0.1) is 0 Å². The molecule has 0 aliphatic heterocycles. The average molecular weight is 218 g/mol. The van der Waals surface area contributed by atoms with Crippen molar-refractivity contribution in [2.75, 3.05) is 0 Å². The normalized spacial score (nSPS) is 10.9. The number of hydrogen-bond acceptors (Lipinski definition) is 5. The fraction of sp³-hybridized carbons (Fsp3) is 0.100. The summed E-state index contributed by atoms with van der Waals surface area (Å²) in [4.78, 5) is 7.98. The van der Waals surface area contributed by atoms with E-state index in [9.17, 15) is 0 Å². The second kappa shape index (κ2) is 4.54. The zero-order chi connectivity index (χ0) is 11.4. The highest BCUT2D eigenvalue weighted by Crippen LogP contribution is 2.29. The van der Waals surface area contributed by atoms with Crippen molar-refractivity contribution in [3.8, 4) is 11.5 Å². The van der Waals surface area contributed by atoms with Crippen LogP contribution in [0.4, 0.5) is 5.69 Å². The van der Waals surface area contributed by atoms with Gasteiger partial charge < -0.3 is 4.52 Å². The number of aliphatic imine (C=N–C) groups is 1. The lowest BCUT2D eigenvalue weighted by atomic mass is 10.1. The Bertz CT molecular complexity index is 494. The summed E-state index contributed by atoms with van der Waals surface area (Å²) in [5.74, 6) is 0.394. The molecule has 0 unspecified atom stereocenters. The zero-order valence-electron chi connectivity index (χ0n) is 8.58. The molecule has 2 rings (SSSR count). The highest BCUT2D eigenvalue weighted by molar-refractivity contribution is 5.74. The molecule has 0 saturated carbocycles. The van der Waals surface area contributed by atoms with Gasteiger partial charge in [0.05, 0.1) is 11.3 Å². The maximum atomic E-state index is 8.47. The molecule has 6 nitrogen and oxygen atoms in total. The summed E-state index contributed by atoms with van der Waals surface area (Å²) in [5, 5.41) is 12.0. The first-order chi connectivity index (χ1) is 7.81. The van der Waals surface area contributed by atoms with E-state index in [0.717, 1.165) is 11.1 Å². The molecule has 0 radical (unpaired) electrons. The van der Waals surface area contributed by atoms with Gasteiger partial charge >= 0.3 is 0 Å². The van der Waals surface area contributed by atoms with Gasteiger partial charge in [0.15, 0.2) is 6.33 Å². The average Bonchev–Trinajstić information content (AvgIpc) is 2.80. The van der Waals surface area contributed by atoms with Gasteiger partial charge in [-0.3, -0.25) is 10.7 Å². The molecular formula is C10H10N4O2. The van der Waals surface area contributed by atoms with E-state index in [1.54, 1.807) is 0 Å². The van der Waals surface area contributed by atoms with Crippen LogP contribution in [0.5, 0.6) is 0 Å². The predicted molar refractivity (Wildman–Crippen MR) is 57.5 cm³/mol. The molecule has 2 aromatic rings. The number of hydroxylamine groups is 1. The van der Waals surface area contributed by atoms with Crippen LogP contribution >= 0.6 is 0 Å². The fourth-order valence-corrected chi connectivity index (χ4v) is 1.32. The Morgan fingerprint density at radius 1 is 1.50 bits per heavy atom. The van der Waals surface area contributed by atoms with Crippen molar-refractivity contribution in [1.82, 2.24) is 15.6 Å². The smallest absolute Gasteiger partial charge is 0.259 e. The van der Waals surface area contributed by atoms with Crippen molar-refractivity contribution < 1.29 is 9.73 Å². The van der Waals surface area contributed by atoms with Crippen LogP contribution in [-0.4, -0.2) is 21.7 Å². The van der Waals surface area contributed by atoms with Crippen molar-refractivity contribution in [3.63, 3.8) is 0 Å². The van der Waals surface area contributed by atoms with E-state index in [0.29, 0.717) is 11.6 Å². The lowest BCUT2D eigenvalue weighted by molar-refractivity contribution is 0.240. The van der Waals surface area contributed by atoms with Crippen LogP contribution in [0.25, 0.3) is 11.5 Å². The van der Waals surface area contributed by atoms with E-state index in [-0.39, 0.29) is 0 Å². The SMILES string of the molecule is Cc1ccc(-c2ncno2)c(N=CNO)c1. The maximum absolute atomic E-state index is 8.47. The van der Waals surface area contributed by atoms with Crippen molar-refractivity contribution >= 4 is 12.0 Å². The first-order valence-electron chi connectivity index (χ1n) is 4.61. The monoisotopic (exact) mass is 218 g/mol. The van der Waals surface area contributed by atoms with Gasteiger partial charge in [-0.2, -0.15) is 4.98 Å². The topological polar surface area (TPSA) is 83.5 Å². The lowest BCUT2D eigenvalue weighted by Crippen LogP contribution is -2.01. The highest BCUT2D eigenvalue weighted by atomic mass is 16.5. The molecule has 0 atom stereocenters. The number of aryl methyl sites for hydroxylation is 1. The highest BCUT2D eigenvalue weighted by Gasteiger charge is 2.09. The molecule has 1 aromatic carbocycles. The number of nitrogens with zero attached hydrogens (tertiary/aromatic N) is 3. The quantitative estimate of drug-likeness (QED) is 0.465. The molecule has 82 valence electrons. The fourth-order valence-electron chi connectivity index (χ4n) is 1.32. The summed E-state index contributed by atoms with van der Waals surface area (Å²) >= 11 is 0. The molecule has 2 N–H and O–H groups in total. The van der Waals surface area contributed by atoms with Crippen molar-refractivity contribution in [2.45, 2.75) is 6.92 Å². The molecule has 16 heavy (non-hydrogen) atoms. The summed E-state index contributed by atoms with van der Waals surface area (Å²) in [6.45, 7) is 1.95. The summed E-state index contributed by atoms with van der Waals surface area (Å²) in [5.41, 5.74) is 4.26. The Balaban J connectivity index is 2.48. The van der Waals surface area contributed by atoms with E-state index in [1.807, 2.05) is 30.6 Å². The van der Waals surface area contributed by atoms with Crippen LogP contribution in [0.3, 0.4) is 0 Å². The van der Waals surface area contributed by atoms with E-state index < -0.39 is 0 Å². The molecular weight excluding hydrogens is 208 g/mol. The minimum atomic E-state index is 0.394. The minimum Gasteiger partial charge on any atom is -0.334 e. The molecule has 0 fully saturated rings. The maximum Gasteiger partial charge on any atom is 0.259 e. The van der Waals surface area contributed by atoms with E-state index in [1.165, 1.54) is 12.7 Å². The Hall–Kier alpha value is -2.21. The molecule has 0 bridgehead atoms. The Kier molecular flexibility index (Phi) is 2.93. The number of benzene rings is 1. The van der Waals surface area contributed by atoms with Crippen LogP contribution in [-0.2, 0) is 0 Å². The number of nitrogens with one attached hydrogen (secondary N) is 1. The van der Waals surface area contributed by atoms with Crippen LogP contribution in [0.15, 0.2) is 34.0 Å². The third-order valence-corrected chi connectivity index (χ3v) is 2.01. The Morgan fingerprint density at radius 3 is 3.06 bits per heavy atom. The first kappa shape index (κ1) is 10.3. The lowest BCUT2D eigenvalue weighted by Gasteiger charge is -2.01. The molecule has 0 aliphatic carbocycles. The van der Waals surface area contributed by atoms with Gasteiger partial charge in [0.1, 0.15) is 6.34 Å². The third kappa shape index (κ3) is 2.06. The van der Waals surface area contributed by atoms with Crippen LogP contribution in [0.1, 0.15) is 5.56 Å². The number of hydrogen-bond donors (Lipinski definition) is 2. The molecule has 0 amide bonds. The van der Waals surface area contributed by atoms with E-state index in [4.69, 9.17) is 9.73 Å². The third-order valence-electron chi connectivity index (χ3n) is 2.01. The van der Waals surface area contributed by atoms with Crippen molar-refractivity contribution in [1.29, 1.82) is 0 Å². The number of aromatic nitrogens is 2. The Labute approximate surface area is 91.6 Å². The van der Waals surface area contributed by atoms with E-state index in [2.05, 4.69) is 15.1 Å². The van der Waals surface area contributed by atoms with E-state index >= 15 is 0 Å². The number of rotatable bonds is 3. The van der Waals surface area contributed by atoms with Crippen molar-refractivity contribution in [3.05, 3.63) is 30.1 Å². The molecule has 1 aromatic heterocycles. The second-order valence-electron chi connectivity index (χ2n) is 3.15. The second-order valence-corrected chi connectivity index (χ2v) is 3.15. The summed E-state index contributed by atoms with van der Waals surface area (Å²) in [7, 11) is 0. The van der Waals surface area contributed by atoms with Gasteiger partial charge in [0, 0.05) is 0 Å². The predicted octanol–water partition coefficient (Wildman–Crippen LogP) is 1.68. The largest absolute Gasteiger partial charge is 0.334 e. The minimum absolute atomic E-state index is 0.394. The molecule has 6 heteroatoms. The molecule has 0 aliphatic rings. The first-order valence-corrected chi connectivity index (χ1v) is 4.61. The summed E-state index contributed by atoms with van der Waals surface area (Å²) in [6, 6.07) is 5.62. The van der Waals surface area contributed by atoms with Crippen molar-refractivity contribution in [2.24, 2.45) is 4.99 Å². The standard InChI is InChI=1S/C10H10N4O2/c1-7-2-3-8(10-12-6-14-16-10)9(4-7)11-5-13-15/h2-6,15H,1H3,(H,11,13). The molecule has 0 spiro atoms.